The molecule has 0 spiro atoms. The Balaban J connectivity index is 3.54. The van der Waals surface area contributed by atoms with Gasteiger partial charge in [-0.05, 0) is 48.4 Å². The lowest BCUT2D eigenvalue weighted by Crippen LogP contribution is -2.29. The largest absolute Gasteiger partial charge is 0.496 e. The molecule has 0 amide bonds. The zero-order valence-corrected chi connectivity index (χ0v) is 18.8. The zero-order valence-electron chi connectivity index (χ0n) is 17.9. The van der Waals surface area contributed by atoms with E-state index in [1.165, 1.54) is 19.9 Å². The Hall–Kier alpha value is -1.42. The predicted molar refractivity (Wildman–Crippen MR) is 111 cm³/mol. The molecule has 0 saturated carbocycles. The maximum absolute atomic E-state index is 12.4. The molecule has 1 aromatic rings. The number of allylic oxidation sites excluding steroid dienone is 1. The number of ether oxygens (including phenoxy) is 1. The Bertz CT molecular complexity index is 751. The van der Waals surface area contributed by atoms with Crippen molar-refractivity contribution in [1.82, 2.24) is 0 Å². The summed E-state index contributed by atoms with van der Waals surface area (Å²) in [6.07, 6.45) is 2.86. The minimum atomic E-state index is -4.55. The maximum Gasteiger partial charge on any atom is 0.338 e. The first-order valence-electron chi connectivity index (χ1n) is 8.94. The van der Waals surface area contributed by atoms with Crippen LogP contribution in [-0.4, -0.2) is 27.8 Å². The summed E-state index contributed by atoms with van der Waals surface area (Å²) in [6, 6.07) is 3.92. The molecule has 0 radical (unpaired) electrons. The second-order valence-corrected chi connectivity index (χ2v) is 11.7. The van der Waals surface area contributed by atoms with Crippen LogP contribution in [0, 0.1) is 0 Å². The van der Waals surface area contributed by atoms with Gasteiger partial charge >= 0.3 is 7.60 Å². The van der Waals surface area contributed by atoms with E-state index in [-0.39, 0.29) is 10.8 Å². The molecule has 1 aromatic carbocycles. The van der Waals surface area contributed by atoms with Crippen LogP contribution >= 0.6 is 7.60 Å². The molecule has 1 rings (SSSR count). The normalized spacial score (nSPS) is 13.9. The molecule has 6 heteroatoms. The van der Waals surface area contributed by atoms with Gasteiger partial charge in [-0.25, -0.2) is 0 Å². The molecule has 0 unspecified atom stereocenters. The van der Waals surface area contributed by atoms with Crippen LogP contribution < -0.4 is 4.74 Å². The van der Waals surface area contributed by atoms with E-state index in [1.54, 1.807) is 13.2 Å². The number of carbonyl (C=O) groups is 1. The van der Waals surface area contributed by atoms with Gasteiger partial charge in [0.1, 0.15) is 10.9 Å². The van der Waals surface area contributed by atoms with Crippen LogP contribution in [0.1, 0.15) is 72.1 Å². The highest BCUT2D eigenvalue weighted by molar-refractivity contribution is 7.54. The minimum absolute atomic E-state index is 0.176. The van der Waals surface area contributed by atoms with Crippen LogP contribution in [0.4, 0.5) is 0 Å². The highest BCUT2D eigenvalue weighted by atomic mass is 31.2. The first kappa shape index (κ1) is 23.6. The Kier molecular flexibility index (Phi) is 6.59. The summed E-state index contributed by atoms with van der Waals surface area (Å²) in [4.78, 5) is 31.2. The van der Waals surface area contributed by atoms with Gasteiger partial charge in [-0.15, -0.1) is 0 Å². The smallest absolute Gasteiger partial charge is 0.338 e. The molecule has 0 aliphatic heterocycles. The molecular formula is C21H33O5P. The first-order chi connectivity index (χ1) is 11.9. The van der Waals surface area contributed by atoms with Gasteiger partial charge in [0.25, 0.3) is 0 Å². The Morgan fingerprint density at radius 1 is 0.963 bits per heavy atom. The van der Waals surface area contributed by atoms with Crippen molar-refractivity contribution in [1.29, 1.82) is 0 Å². The van der Waals surface area contributed by atoms with Gasteiger partial charge in [0.05, 0.1) is 7.11 Å². The van der Waals surface area contributed by atoms with Crippen molar-refractivity contribution < 1.29 is 23.9 Å². The SMILES string of the molecule is COc1c(C(C)(C)C)cc(/C=C/C(=O)C(C)(C)P(=O)(O)O)cc1C(C)(C)C. The molecule has 0 aliphatic carbocycles. The lowest BCUT2D eigenvalue weighted by Gasteiger charge is -2.29. The fraction of sp³-hybridized carbons (Fsp3) is 0.571. The topological polar surface area (TPSA) is 83.8 Å². The van der Waals surface area contributed by atoms with Crippen LogP contribution in [0.25, 0.3) is 6.08 Å². The van der Waals surface area contributed by atoms with Crippen LogP contribution in [0.2, 0.25) is 0 Å². The molecule has 0 aliphatic rings. The molecule has 2 N–H and O–H groups in total. The Labute approximate surface area is 163 Å². The summed E-state index contributed by atoms with van der Waals surface area (Å²) >= 11 is 0. The van der Waals surface area contributed by atoms with E-state index in [1.807, 2.05) is 12.1 Å². The molecule has 152 valence electrons. The number of methoxy groups -OCH3 is 1. The van der Waals surface area contributed by atoms with E-state index < -0.39 is 18.5 Å². The summed E-state index contributed by atoms with van der Waals surface area (Å²) in [5.41, 5.74) is 2.47. The summed E-state index contributed by atoms with van der Waals surface area (Å²) in [7, 11) is -2.90. The average molecular weight is 396 g/mol. The van der Waals surface area contributed by atoms with Gasteiger partial charge in [-0.3, -0.25) is 9.36 Å². The monoisotopic (exact) mass is 396 g/mol. The highest BCUT2D eigenvalue weighted by Crippen LogP contribution is 2.50. The van der Waals surface area contributed by atoms with E-state index in [4.69, 9.17) is 4.74 Å². The lowest BCUT2D eigenvalue weighted by molar-refractivity contribution is -0.116. The second kappa shape index (κ2) is 7.54. The van der Waals surface area contributed by atoms with Gasteiger partial charge in [-0.1, -0.05) is 47.6 Å². The van der Waals surface area contributed by atoms with Gasteiger partial charge in [0.2, 0.25) is 0 Å². The fourth-order valence-electron chi connectivity index (χ4n) is 2.60. The van der Waals surface area contributed by atoms with Crippen LogP contribution in [-0.2, 0) is 20.2 Å². The molecule has 5 nitrogen and oxygen atoms in total. The summed E-state index contributed by atoms with van der Waals surface area (Å²) < 4.78 is 17.3. The summed E-state index contributed by atoms with van der Waals surface area (Å²) in [5, 5.41) is -1.75. The first-order valence-corrected chi connectivity index (χ1v) is 10.6. The van der Waals surface area contributed by atoms with Gasteiger partial charge in [0, 0.05) is 11.1 Å². The molecule has 27 heavy (non-hydrogen) atoms. The van der Waals surface area contributed by atoms with E-state index in [2.05, 4.69) is 41.5 Å². The van der Waals surface area contributed by atoms with E-state index in [9.17, 15) is 19.1 Å². The number of carbonyl (C=O) groups excluding carboxylic acids is 1. The van der Waals surface area contributed by atoms with Crippen molar-refractivity contribution in [3.05, 3.63) is 34.9 Å². The van der Waals surface area contributed by atoms with Crippen molar-refractivity contribution in [2.45, 2.75) is 71.4 Å². The van der Waals surface area contributed by atoms with Crippen LogP contribution in [0.5, 0.6) is 5.75 Å². The molecule has 0 bridgehead atoms. The Morgan fingerprint density at radius 2 is 1.37 bits per heavy atom. The molecule has 0 aromatic heterocycles. The molecule has 0 atom stereocenters. The van der Waals surface area contributed by atoms with Gasteiger partial charge < -0.3 is 14.5 Å². The van der Waals surface area contributed by atoms with Crippen LogP contribution in [0.3, 0.4) is 0 Å². The standard InChI is InChI=1S/C21H33O5P/c1-19(2,3)15-12-14(13-16(18(15)26-9)20(4,5)6)10-11-17(22)21(7,8)27(23,24)25/h10-13H,1-9H3,(H2,23,24,25)/b11-10+. The third kappa shape index (κ3) is 5.31. The minimum Gasteiger partial charge on any atom is -0.496 e. The van der Waals surface area contributed by atoms with E-state index in [0.29, 0.717) is 0 Å². The van der Waals surface area contributed by atoms with E-state index in [0.717, 1.165) is 22.4 Å². The molecule has 0 saturated heterocycles. The molecule has 0 fully saturated rings. The second-order valence-electron chi connectivity index (χ2n) is 9.45. The quantitative estimate of drug-likeness (QED) is 0.550. The van der Waals surface area contributed by atoms with Crippen LogP contribution in [0.15, 0.2) is 18.2 Å². The molecule has 0 heterocycles. The lowest BCUT2D eigenvalue weighted by atomic mass is 9.78. The maximum atomic E-state index is 12.4. The number of benzene rings is 1. The summed E-state index contributed by atoms with van der Waals surface area (Å²) in [5.74, 6) is 0.218. The number of ketones is 1. The number of hydrogen-bond acceptors (Lipinski definition) is 3. The van der Waals surface area contributed by atoms with Crippen molar-refractivity contribution >= 4 is 19.5 Å². The van der Waals surface area contributed by atoms with Crippen molar-refractivity contribution in [3.8, 4) is 5.75 Å². The Morgan fingerprint density at radius 3 is 1.67 bits per heavy atom. The van der Waals surface area contributed by atoms with Gasteiger partial charge in [-0.2, -0.15) is 0 Å². The van der Waals surface area contributed by atoms with Crippen molar-refractivity contribution in [2.24, 2.45) is 0 Å². The number of hydrogen-bond donors (Lipinski definition) is 2. The molecular weight excluding hydrogens is 363 g/mol. The van der Waals surface area contributed by atoms with Crippen molar-refractivity contribution in [2.75, 3.05) is 7.11 Å². The fourth-order valence-corrected chi connectivity index (χ4v) is 2.96. The van der Waals surface area contributed by atoms with E-state index >= 15 is 0 Å². The summed E-state index contributed by atoms with van der Waals surface area (Å²) in [6.45, 7) is 15.1. The highest BCUT2D eigenvalue weighted by Gasteiger charge is 2.43. The van der Waals surface area contributed by atoms with Gasteiger partial charge in [0.15, 0.2) is 5.78 Å². The average Bonchev–Trinajstić information content (AvgIpc) is 2.48. The number of rotatable bonds is 5. The third-order valence-corrected chi connectivity index (χ3v) is 6.37. The third-order valence-electron chi connectivity index (χ3n) is 4.69. The predicted octanol–water partition coefficient (Wildman–Crippen LogP) is 4.83. The zero-order chi connectivity index (χ0) is 21.4. The van der Waals surface area contributed by atoms with Crippen molar-refractivity contribution in [3.63, 3.8) is 0 Å².